The summed E-state index contributed by atoms with van der Waals surface area (Å²) < 4.78 is 0. The maximum atomic E-state index is 2.63. The minimum Gasteiger partial charge on any atom is -0.310 e. The molecule has 340 valence electrons. The molecule has 0 N–H and O–H groups in total. The van der Waals surface area contributed by atoms with Gasteiger partial charge in [0.05, 0.1) is 17.1 Å². The summed E-state index contributed by atoms with van der Waals surface area (Å²) in [4.78, 5) is 5.26. The van der Waals surface area contributed by atoms with Crippen molar-refractivity contribution in [2.24, 2.45) is 11.8 Å². The Bertz CT molecular complexity index is 3380. The highest BCUT2D eigenvalue weighted by Gasteiger charge is 2.62. The van der Waals surface area contributed by atoms with Gasteiger partial charge in [-0.2, -0.15) is 0 Å². The predicted octanol–water partition coefficient (Wildman–Crippen LogP) is 17.9. The first kappa shape index (κ1) is 41.5. The standard InChI is InChI=1S/C68H58N2/c1-5-19-46(20-6-1)47-35-37-48(38-36-47)57-29-15-16-32-62(57)70(55-27-11-4-12-28-55)64-34-18-24-51-44-53-40-39-52-43-50-23-17-33-63(66(50)68(52,53)67(51)64)69(54-25-9-3-10-26-54)56-41-42-59-58-30-13-14-31-60(58)65(61(59)45-56)49-21-7-2-8-22-49/h2-4,7-18,21-38,41-42,45-46,52-53,65H,1,5-6,19-20,39-40,43-44H2. The number of anilines is 6. The van der Waals surface area contributed by atoms with Gasteiger partial charge in [-0.25, -0.2) is 0 Å². The van der Waals surface area contributed by atoms with E-state index >= 15 is 0 Å². The maximum absolute atomic E-state index is 2.63. The Kier molecular flexibility index (Phi) is 10.0. The van der Waals surface area contributed by atoms with Gasteiger partial charge in [0.1, 0.15) is 0 Å². The van der Waals surface area contributed by atoms with Gasteiger partial charge < -0.3 is 9.80 Å². The molecule has 5 aliphatic rings. The zero-order chi connectivity index (χ0) is 46.2. The van der Waals surface area contributed by atoms with E-state index in [1.807, 2.05) is 0 Å². The third-order valence-electron chi connectivity index (χ3n) is 17.4. The van der Waals surface area contributed by atoms with Crippen molar-refractivity contribution in [1.29, 1.82) is 0 Å². The van der Waals surface area contributed by atoms with Crippen LogP contribution in [-0.4, -0.2) is 0 Å². The SMILES string of the molecule is c1ccc(C2c3ccccc3-c3ccc(N(c4ccccc4)c4cccc5c4C46c7c(cccc7N(c7ccccc7)c7ccccc7-c7ccc(C8CCCCC8)cc7)CC4CCC6C5)cc32)cc1. The second-order valence-corrected chi connectivity index (χ2v) is 20.9. The molecule has 2 nitrogen and oxygen atoms in total. The number of benzene rings is 9. The lowest BCUT2D eigenvalue weighted by Crippen LogP contribution is -2.34. The fraction of sp³-hybridized carbons (Fsp3) is 0.206. The van der Waals surface area contributed by atoms with Crippen LogP contribution in [0.1, 0.15) is 101 Å². The molecule has 4 unspecified atom stereocenters. The summed E-state index contributed by atoms with van der Waals surface area (Å²) in [7, 11) is 0. The van der Waals surface area contributed by atoms with Crippen LogP contribution in [0.3, 0.4) is 0 Å². The molecule has 4 atom stereocenters. The number of para-hydroxylation sites is 3. The first-order valence-corrected chi connectivity index (χ1v) is 26.2. The third kappa shape index (κ3) is 6.45. The van der Waals surface area contributed by atoms with E-state index < -0.39 is 0 Å². The average molecular weight is 903 g/mol. The molecule has 1 spiro atoms. The minimum atomic E-state index is -0.159. The van der Waals surface area contributed by atoms with Gasteiger partial charge in [-0.05, 0) is 172 Å². The van der Waals surface area contributed by atoms with Gasteiger partial charge in [-0.15, -0.1) is 0 Å². The highest BCUT2D eigenvalue weighted by Crippen LogP contribution is 2.69. The van der Waals surface area contributed by atoms with Gasteiger partial charge in [0.25, 0.3) is 0 Å². The van der Waals surface area contributed by atoms with Crippen molar-refractivity contribution in [3.8, 4) is 22.3 Å². The van der Waals surface area contributed by atoms with E-state index in [1.165, 1.54) is 135 Å². The fourth-order valence-corrected chi connectivity index (χ4v) is 14.6. The van der Waals surface area contributed by atoms with Gasteiger partial charge in [0.15, 0.2) is 0 Å². The predicted molar refractivity (Wildman–Crippen MR) is 291 cm³/mol. The van der Waals surface area contributed by atoms with Crippen molar-refractivity contribution < 1.29 is 0 Å². The summed E-state index contributed by atoms with van der Waals surface area (Å²) in [5.41, 5.74) is 24.2. The molecule has 70 heavy (non-hydrogen) atoms. The Morgan fingerprint density at radius 3 is 1.57 bits per heavy atom. The lowest BCUT2D eigenvalue weighted by molar-refractivity contribution is 0.350. The van der Waals surface area contributed by atoms with Gasteiger partial charge in [-0.1, -0.05) is 183 Å². The molecule has 2 heteroatoms. The van der Waals surface area contributed by atoms with Crippen LogP contribution in [-0.2, 0) is 18.3 Å². The van der Waals surface area contributed by atoms with E-state index in [2.05, 4.69) is 228 Å². The number of hydrogen-bond donors (Lipinski definition) is 0. The first-order chi connectivity index (χ1) is 34.7. The van der Waals surface area contributed by atoms with E-state index in [1.54, 1.807) is 11.1 Å². The fourth-order valence-electron chi connectivity index (χ4n) is 14.6. The van der Waals surface area contributed by atoms with Crippen LogP contribution in [0.25, 0.3) is 22.3 Å². The lowest BCUT2D eigenvalue weighted by atomic mass is 9.68. The molecule has 0 aliphatic heterocycles. The van der Waals surface area contributed by atoms with Crippen LogP contribution in [0.15, 0.2) is 218 Å². The molecule has 0 bridgehead atoms. The van der Waals surface area contributed by atoms with Crippen molar-refractivity contribution in [2.75, 3.05) is 9.80 Å². The zero-order valence-corrected chi connectivity index (χ0v) is 39.9. The Balaban J connectivity index is 0.959. The number of fused-ring (bicyclic) bond motifs is 5. The van der Waals surface area contributed by atoms with Crippen LogP contribution in [0, 0.1) is 11.8 Å². The van der Waals surface area contributed by atoms with Crippen molar-refractivity contribution in [1.82, 2.24) is 0 Å². The Labute approximate surface area is 413 Å². The highest BCUT2D eigenvalue weighted by molar-refractivity contribution is 5.92. The maximum Gasteiger partial charge on any atom is 0.0540 e. The summed E-state index contributed by atoms with van der Waals surface area (Å²) in [6.07, 6.45) is 11.4. The van der Waals surface area contributed by atoms with Crippen molar-refractivity contribution in [2.45, 2.75) is 75.0 Å². The molecule has 0 amide bonds. The van der Waals surface area contributed by atoms with Crippen LogP contribution >= 0.6 is 0 Å². The number of hydrogen-bond acceptors (Lipinski definition) is 2. The Morgan fingerprint density at radius 1 is 0.357 bits per heavy atom. The van der Waals surface area contributed by atoms with Gasteiger partial charge in [-0.3, -0.25) is 0 Å². The lowest BCUT2D eigenvalue weighted by Gasteiger charge is -2.40. The van der Waals surface area contributed by atoms with Gasteiger partial charge in [0, 0.05) is 34.0 Å². The normalized spacial score (nSPS) is 20.5. The molecule has 0 saturated heterocycles. The molecule has 9 aromatic carbocycles. The summed E-state index contributed by atoms with van der Waals surface area (Å²) in [5.74, 6) is 1.86. The number of rotatable bonds is 9. The zero-order valence-electron chi connectivity index (χ0n) is 39.9. The number of nitrogens with zero attached hydrogens (tertiary/aromatic N) is 2. The second-order valence-electron chi connectivity index (χ2n) is 20.9. The summed E-state index contributed by atoms with van der Waals surface area (Å²) in [6.45, 7) is 0. The van der Waals surface area contributed by atoms with E-state index in [0.29, 0.717) is 17.8 Å². The molecule has 0 aromatic heterocycles. The molecular formula is C68H58N2. The quantitative estimate of drug-likeness (QED) is 0.142. The largest absolute Gasteiger partial charge is 0.310 e. The van der Waals surface area contributed by atoms with Gasteiger partial charge in [0.2, 0.25) is 0 Å². The average Bonchev–Trinajstić information content (AvgIpc) is 4.16. The van der Waals surface area contributed by atoms with Crippen molar-refractivity contribution >= 4 is 34.1 Å². The van der Waals surface area contributed by atoms with E-state index in [0.717, 1.165) is 12.8 Å². The van der Waals surface area contributed by atoms with Crippen molar-refractivity contribution in [3.63, 3.8) is 0 Å². The molecular weight excluding hydrogens is 845 g/mol. The molecule has 0 radical (unpaired) electrons. The molecule has 0 heterocycles. The molecule has 5 aliphatic carbocycles. The first-order valence-electron chi connectivity index (χ1n) is 26.2. The Hall–Kier alpha value is -7.42. The van der Waals surface area contributed by atoms with Crippen LogP contribution < -0.4 is 9.80 Å². The van der Waals surface area contributed by atoms with Crippen molar-refractivity contribution in [3.05, 3.63) is 263 Å². The smallest absolute Gasteiger partial charge is 0.0540 e. The summed E-state index contributed by atoms with van der Waals surface area (Å²) in [5, 5.41) is 0. The monoisotopic (exact) mass is 902 g/mol. The van der Waals surface area contributed by atoms with E-state index in [4.69, 9.17) is 0 Å². The summed E-state index contributed by atoms with van der Waals surface area (Å²) >= 11 is 0. The Morgan fingerprint density at radius 2 is 0.900 bits per heavy atom. The summed E-state index contributed by atoms with van der Waals surface area (Å²) in [6, 6.07) is 83.4. The van der Waals surface area contributed by atoms with E-state index in [-0.39, 0.29) is 11.3 Å². The topological polar surface area (TPSA) is 6.48 Å². The van der Waals surface area contributed by atoms with Crippen LogP contribution in [0.5, 0.6) is 0 Å². The van der Waals surface area contributed by atoms with E-state index in [9.17, 15) is 0 Å². The molecule has 9 aromatic rings. The van der Waals surface area contributed by atoms with Gasteiger partial charge >= 0.3 is 0 Å². The minimum absolute atomic E-state index is 0.159. The third-order valence-corrected chi connectivity index (χ3v) is 17.4. The van der Waals surface area contributed by atoms with Crippen LogP contribution in [0.2, 0.25) is 0 Å². The highest BCUT2D eigenvalue weighted by atomic mass is 15.2. The molecule has 2 saturated carbocycles. The molecule has 2 fully saturated rings. The second kappa shape index (κ2) is 16.9. The molecule has 14 rings (SSSR count). The van der Waals surface area contributed by atoms with Crippen LogP contribution in [0.4, 0.5) is 34.1 Å².